The van der Waals surface area contributed by atoms with Crippen LogP contribution in [0.2, 0.25) is 5.02 Å². The number of ketones is 1. The molecule has 5 nitrogen and oxygen atoms in total. The molecule has 0 aliphatic rings. The topological polar surface area (TPSA) is 68.5 Å². The third-order valence-electron chi connectivity index (χ3n) is 4.52. The zero-order chi connectivity index (χ0) is 20.3. The summed E-state index contributed by atoms with van der Waals surface area (Å²) in [6, 6.07) is 15.5. The highest BCUT2D eigenvalue weighted by Gasteiger charge is 2.18. The van der Waals surface area contributed by atoms with Crippen LogP contribution in [0.1, 0.15) is 37.7 Å². The molecular formula is C22H20ClNO4. The van der Waals surface area contributed by atoms with E-state index < -0.39 is 5.97 Å². The molecule has 0 aliphatic carbocycles. The van der Waals surface area contributed by atoms with Crippen molar-refractivity contribution in [3.63, 3.8) is 0 Å². The number of ether oxygens (including phenoxy) is 1. The van der Waals surface area contributed by atoms with E-state index in [0.717, 1.165) is 17.1 Å². The number of nitrogens with zero attached hydrogens (tertiary/aromatic N) is 1. The molecule has 1 N–H and O–H groups in total. The zero-order valence-corrected chi connectivity index (χ0v) is 16.4. The van der Waals surface area contributed by atoms with Gasteiger partial charge in [0.25, 0.3) is 0 Å². The summed E-state index contributed by atoms with van der Waals surface area (Å²) in [7, 11) is 0. The van der Waals surface area contributed by atoms with Gasteiger partial charge in [0.15, 0.2) is 6.61 Å². The largest absolute Gasteiger partial charge is 0.454 e. The van der Waals surface area contributed by atoms with E-state index in [1.807, 2.05) is 30.5 Å². The van der Waals surface area contributed by atoms with Crippen LogP contribution in [0.15, 0.2) is 54.6 Å². The molecule has 0 bridgehead atoms. The number of benzene rings is 2. The Hall–Kier alpha value is -2.89. The number of aliphatic hydroxyl groups excluding tert-OH is 1. The SMILES string of the molecule is Cc1cc(C(=O)COC(=O)c2ccc(CO)cc2)c(C)n1-c1ccc(Cl)cc1. The Morgan fingerprint density at radius 3 is 2.29 bits per heavy atom. The summed E-state index contributed by atoms with van der Waals surface area (Å²) in [4.78, 5) is 24.7. The van der Waals surface area contributed by atoms with E-state index in [9.17, 15) is 9.59 Å². The minimum absolute atomic E-state index is 0.100. The second-order valence-electron chi connectivity index (χ2n) is 6.45. The van der Waals surface area contributed by atoms with E-state index in [-0.39, 0.29) is 19.0 Å². The van der Waals surface area contributed by atoms with Gasteiger partial charge in [-0.1, -0.05) is 23.7 Å². The lowest BCUT2D eigenvalue weighted by molar-refractivity contribution is 0.0474. The van der Waals surface area contributed by atoms with E-state index in [2.05, 4.69) is 0 Å². The smallest absolute Gasteiger partial charge is 0.338 e. The summed E-state index contributed by atoms with van der Waals surface area (Å²) in [6.45, 7) is 3.32. The van der Waals surface area contributed by atoms with Gasteiger partial charge in [-0.2, -0.15) is 0 Å². The van der Waals surface area contributed by atoms with Crippen molar-refractivity contribution in [2.45, 2.75) is 20.5 Å². The predicted molar refractivity (Wildman–Crippen MR) is 107 cm³/mol. The fourth-order valence-electron chi connectivity index (χ4n) is 3.07. The third kappa shape index (κ3) is 4.16. The number of aromatic nitrogens is 1. The lowest BCUT2D eigenvalue weighted by atomic mass is 10.1. The van der Waals surface area contributed by atoms with Crippen LogP contribution in [-0.4, -0.2) is 28.0 Å². The van der Waals surface area contributed by atoms with Crippen molar-refractivity contribution in [1.29, 1.82) is 0 Å². The lowest BCUT2D eigenvalue weighted by Crippen LogP contribution is -2.15. The van der Waals surface area contributed by atoms with Crippen LogP contribution in [0.4, 0.5) is 0 Å². The molecule has 0 radical (unpaired) electrons. The lowest BCUT2D eigenvalue weighted by Gasteiger charge is -2.10. The Morgan fingerprint density at radius 2 is 1.68 bits per heavy atom. The summed E-state index contributed by atoms with van der Waals surface area (Å²) in [5, 5.41) is 9.69. The number of aryl methyl sites for hydroxylation is 1. The summed E-state index contributed by atoms with van der Waals surface area (Å²) >= 11 is 5.95. The number of halogens is 1. The molecule has 0 atom stereocenters. The molecule has 144 valence electrons. The Kier molecular flexibility index (Phi) is 5.97. The molecule has 6 heteroatoms. The summed E-state index contributed by atoms with van der Waals surface area (Å²) in [5.41, 5.74) is 4.11. The van der Waals surface area contributed by atoms with Gasteiger partial charge in [-0.15, -0.1) is 0 Å². The first-order valence-corrected chi connectivity index (χ1v) is 9.13. The van der Waals surface area contributed by atoms with E-state index in [1.54, 1.807) is 42.5 Å². The van der Waals surface area contributed by atoms with Gasteiger partial charge in [-0.25, -0.2) is 4.79 Å². The van der Waals surface area contributed by atoms with Crippen molar-refractivity contribution in [2.75, 3.05) is 6.61 Å². The maximum Gasteiger partial charge on any atom is 0.338 e. The van der Waals surface area contributed by atoms with Crippen LogP contribution in [0.5, 0.6) is 0 Å². The highest BCUT2D eigenvalue weighted by atomic mass is 35.5. The molecule has 3 rings (SSSR count). The average Bonchev–Trinajstić information content (AvgIpc) is 3.01. The van der Waals surface area contributed by atoms with Crippen molar-refractivity contribution in [3.05, 3.63) is 87.7 Å². The normalized spacial score (nSPS) is 10.7. The van der Waals surface area contributed by atoms with Gasteiger partial charge in [-0.3, -0.25) is 4.79 Å². The van der Waals surface area contributed by atoms with Crippen LogP contribution >= 0.6 is 11.6 Å². The molecule has 3 aromatic rings. The Balaban J connectivity index is 1.73. The van der Waals surface area contributed by atoms with Crippen molar-refractivity contribution in [2.24, 2.45) is 0 Å². The summed E-state index contributed by atoms with van der Waals surface area (Å²) in [6.07, 6.45) is 0. The molecule has 0 spiro atoms. The van der Waals surface area contributed by atoms with Gasteiger partial charge >= 0.3 is 5.97 Å². The summed E-state index contributed by atoms with van der Waals surface area (Å²) < 4.78 is 7.12. The van der Waals surface area contributed by atoms with Crippen molar-refractivity contribution < 1.29 is 19.4 Å². The monoisotopic (exact) mass is 397 g/mol. The first-order valence-electron chi connectivity index (χ1n) is 8.75. The van der Waals surface area contributed by atoms with Crippen molar-refractivity contribution in [3.8, 4) is 5.69 Å². The number of carbonyl (C=O) groups excluding carboxylic acids is 2. The third-order valence-corrected chi connectivity index (χ3v) is 4.77. The molecule has 0 aliphatic heterocycles. The molecule has 0 amide bonds. The number of rotatable bonds is 6. The molecule has 0 saturated carbocycles. The Labute approximate surface area is 168 Å². The molecule has 1 heterocycles. The number of hydrogen-bond acceptors (Lipinski definition) is 4. The van der Waals surface area contributed by atoms with Gasteiger partial charge in [0.05, 0.1) is 12.2 Å². The molecule has 0 saturated heterocycles. The van der Waals surface area contributed by atoms with Gasteiger partial charge < -0.3 is 14.4 Å². The minimum atomic E-state index is -0.579. The van der Waals surface area contributed by atoms with Crippen LogP contribution < -0.4 is 0 Å². The van der Waals surface area contributed by atoms with Crippen LogP contribution in [-0.2, 0) is 11.3 Å². The number of hydrogen-bond donors (Lipinski definition) is 1. The maximum atomic E-state index is 12.6. The Morgan fingerprint density at radius 1 is 1.04 bits per heavy atom. The first kappa shape index (κ1) is 19.9. The van der Waals surface area contributed by atoms with Crippen molar-refractivity contribution in [1.82, 2.24) is 4.57 Å². The fraction of sp³-hybridized carbons (Fsp3) is 0.182. The molecule has 0 fully saturated rings. The molecule has 1 aromatic heterocycles. The number of esters is 1. The maximum absolute atomic E-state index is 12.6. The van der Waals surface area contributed by atoms with E-state index >= 15 is 0 Å². The second kappa shape index (κ2) is 8.42. The quantitative estimate of drug-likeness (QED) is 0.498. The zero-order valence-electron chi connectivity index (χ0n) is 15.6. The van der Waals surface area contributed by atoms with Gasteiger partial charge in [0.2, 0.25) is 5.78 Å². The van der Waals surface area contributed by atoms with Crippen LogP contribution in [0, 0.1) is 13.8 Å². The van der Waals surface area contributed by atoms with Crippen molar-refractivity contribution >= 4 is 23.4 Å². The average molecular weight is 398 g/mol. The number of Topliss-reactive ketones (excluding diaryl/α,β-unsaturated/α-hetero) is 1. The second-order valence-corrected chi connectivity index (χ2v) is 6.89. The van der Waals surface area contributed by atoms with Crippen LogP contribution in [0.3, 0.4) is 0 Å². The molecule has 2 aromatic carbocycles. The van der Waals surface area contributed by atoms with Gasteiger partial charge in [-0.05, 0) is 61.9 Å². The van der Waals surface area contributed by atoms with Crippen LogP contribution in [0.25, 0.3) is 5.69 Å². The van der Waals surface area contributed by atoms with E-state index in [0.29, 0.717) is 21.7 Å². The van der Waals surface area contributed by atoms with E-state index in [1.165, 1.54) is 0 Å². The van der Waals surface area contributed by atoms with Gasteiger partial charge in [0.1, 0.15) is 0 Å². The van der Waals surface area contributed by atoms with Gasteiger partial charge in [0, 0.05) is 27.7 Å². The molecule has 28 heavy (non-hydrogen) atoms. The Bertz CT molecular complexity index is 1000. The summed E-state index contributed by atoms with van der Waals surface area (Å²) in [5.74, 6) is -0.849. The number of carbonyl (C=O) groups is 2. The predicted octanol–water partition coefficient (Wildman–Crippen LogP) is 4.28. The minimum Gasteiger partial charge on any atom is -0.454 e. The fourth-order valence-corrected chi connectivity index (χ4v) is 3.20. The number of aliphatic hydroxyl groups is 1. The molecule has 0 unspecified atom stereocenters. The molecular weight excluding hydrogens is 378 g/mol. The highest BCUT2D eigenvalue weighted by Crippen LogP contribution is 2.22. The first-order chi connectivity index (χ1) is 13.4. The standard InChI is InChI=1S/C22H20ClNO4/c1-14-11-20(15(2)24(14)19-9-7-18(23)8-10-19)21(26)13-28-22(27)17-5-3-16(12-25)4-6-17/h3-11,25H,12-13H2,1-2H3. The highest BCUT2D eigenvalue weighted by molar-refractivity contribution is 6.30. The van der Waals surface area contributed by atoms with E-state index in [4.69, 9.17) is 21.4 Å².